The highest BCUT2D eigenvalue weighted by molar-refractivity contribution is 5.91. The first-order chi connectivity index (χ1) is 9.60. The minimum absolute atomic E-state index is 0.180. The summed E-state index contributed by atoms with van der Waals surface area (Å²) in [5.74, 6) is -0.662. The zero-order chi connectivity index (χ0) is 14.5. The van der Waals surface area contributed by atoms with E-state index in [1.54, 1.807) is 24.3 Å². The van der Waals surface area contributed by atoms with Crippen molar-refractivity contribution in [1.29, 1.82) is 0 Å². The van der Waals surface area contributed by atoms with Gasteiger partial charge >= 0.3 is 5.97 Å². The molecule has 2 aromatic rings. The normalized spacial score (nSPS) is 10.2. The third-order valence-electron chi connectivity index (χ3n) is 2.71. The molecule has 0 atom stereocenters. The zero-order valence-corrected chi connectivity index (χ0v) is 10.6. The molecule has 104 valence electrons. The van der Waals surface area contributed by atoms with Gasteiger partial charge in [0.15, 0.2) is 5.76 Å². The van der Waals surface area contributed by atoms with Crippen molar-refractivity contribution in [3.8, 4) is 0 Å². The fourth-order valence-corrected chi connectivity index (χ4v) is 1.69. The number of amides is 1. The highest BCUT2D eigenvalue weighted by Gasteiger charge is 2.10. The van der Waals surface area contributed by atoms with E-state index < -0.39 is 5.97 Å². The third kappa shape index (κ3) is 3.24. The van der Waals surface area contributed by atoms with Crippen LogP contribution in [0.25, 0.3) is 0 Å². The van der Waals surface area contributed by atoms with Crippen LogP contribution in [0.1, 0.15) is 32.2 Å². The number of nitrogens with two attached hydrogens (primary N) is 1. The Morgan fingerprint density at radius 1 is 1.25 bits per heavy atom. The molecule has 0 saturated heterocycles. The second kappa shape index (κ2) is 6.03. The summed E-state index contributed by atoms with van der Waals surface area (Å²) in [6.45, 7) is 0.451. The van der Waals surface area contributed by atoms with Crippen molar-refractivity contribution < 1.29 is 19.1 Å². The SMILES string of the molecule is NCc1ccc(C(=O)NCc2cccc(C(=O)O)c2)o1. The molecule has 0 radical (unpaired) electrons. The van der Waals surface area contributed by atoms with E-state index in [9.17, 15) is 9.59 Å². The maximum Gasteiger partial charge on any atom is 0.335 e. The number of aromatic carboxylic acids is 1. The van der Waals surface area contributed by atoms with Crippen LogP contribution in [0.2, 0.25) is 0 Å². The number of rotatable bonds is 5. The molecular formula is C14H14N2O4. The van der Waals surface area contributed by atoms with Crippen molar-refractivity contribution in [3.63, 3.8) is 0 Å². The second-order valence-corrected chi connectivity index (χ2v) is 4.16. The monoisotopic (exact) mass is 274 g/mol. The van der Waals surface area contributed by atoms with E-state index in [2.05, 4.69) is 5.32 Å². The minimum Gasteiger partial charge on any atom is -0.478 e. The van der Waals surface area contributed by atoms with E-state index in [-0.39, 0.29) is 30.3 Å². The predicted molar refractivity (Wildman–Crippen MR) is 71.2 cm³/mol. The van der Waals surface area contributed by atoms with Gasteiger partial charge in [-0.25, -0.2) is 4.79 Å². The lowest BCUT2D eigenvalue weighted by Gasteiger charge is -2.04. The Bertz CT molecular complexity index is 634. The summed E-state index contributed by atoms with van der Waals surface area (Å²) in [4.78, 5) is 22.6. The highest BCUT2D eigenvalue weighted by Crippen LogP contribution is 2.08. The van der Waals surface area contributed by atoms with E-state index in [0.717, 1.165) is 0 Å². The summed E-state index contributed by atoms with van der Waals surface area (Å²) in [7, 11) is 0. The number of carbonyl (C=O) groups excluding carboxylic acids is 1. The lowest BCUT2D eigenvalue weighted by atomic mass is 10.1. The zero-order valence-electron chi connectivity index (χ0n) is 10.6. The van der Waals surface area contributed by atoms with Crippen LogP contribution in [0.15, 0.2) is 40.8 Å². The molecule has 0 bridgehead atoms. The largest absolute Gasteiger partial charge is 0.478 e. The van der Waals surface area contributed by atoms with E-state index in [1.165, 1.54) is 12.1 Å². The quantitative estimate of drug-likeness (QED) is 0.763. The molecule has 0 fully saturated rings. The first-order valence-electron chi connectivity index (χ1n) is 5.99. The van der Waals surface area contributed by atoms with Crippen LogP contribution < -0.4 is 11.1 Å². The van der Waals surface area contributed by atoms with Crippen molar-refractivity contribution in [2.24, 2.45) is 5.73 Å². The third-order valence-corrected chi connectivity index (χ3v) is 2.71. The van der Waals surface area contributed by atoms with E-state index in [0.29, 0.717) is 11.3 Å². The van der Waals surface area contributed by atoms with Gasteiger partial charge in [0.1, 0.15) is 5.76 Å². The van der Waals surface area contributed by atoms with Gasteiger partial charge in [-0.3, -0.25) is 4.79 Å². The summed E-state index contributed by atoms with van der Waals surface area (Å²) < 4.78 is 5.21. The summed E-state index contributed by atoms with van der Waals surface area (Å²) in [6, 6.07) is 9.56. The summed E-state index contributed by atoms with van der Waals surface area (Å²) in [5, 5.41) is 11.5. The molecule has 20 heavy (non-hydrogen) atoms. The molecule has 0 spiro atoms. The molecule has 2 rings (SSSR count). The van der Waals surface area contributed by atoms with Crippen LogP contribution in [-0.4, -0.2) is 17.0 Å². The molecule has 4 N–H and O–H groups in total. The molecule has 0 aliphatic carbocycles. The summed E-state index contributed by atoms with van der Waals surface area (Å²) >= 11 is 0. The number of benzene rings is 1. The number of carboxylic acid groups (broad SMARTS) is 1. The highest BCUT2D eigenvalue weighted by atomic mass is 16.4. The van der Waals surface area contributed by atoms with Gasteiger partial charge in [-0.2, -0.15) is 0 Å². The van der Waals surface area contributed by atoms with Crippen LogP contribution in [0.4, 0.5) is 0 Å². The second-order valence-electron chi connectivity index (χ2n) is 4.16. The Labute approximate surface area is 115 Å². The first kappa shape index (κ1) is 13.8. The molecule has 1 amide bonds. The number of hydrogen-bond acceptors (Lipinski definition) is 4. The van der Waals surface area contributed by atoms with Crippen molar-refractivity contribution >= 4 is 11.9 Å². The Balaban J connectivity index is 1.99. The van der Waals surface area contributed by atoms with E-state index >= 15 is 0 Å². The summed E-state index contributed by atoms with van der Waals surface area (Å²) in [5.41, 5.74) is 6.27. The smallest absolute Gasteiger partial charge is 0.335 e. The van der Waals surface area contributed by atoms with Gasteiger partial charge in [0.2, 0.25) is 0 Å². The first-order valence-corrected chi connectivity index (χ1v) is 5.99. The average molecular weight is 274 g/mol. The fourth-order valence-electron chi connectivity index (χ4n) is 1.69. The Hall–Kier alpha value is -2.60. The van der Waals surface area contributed by atoms with Gasteiger partial charge in [0.05, 0.1) is 12.1 Å². The molecule has 1 heterocycles. The molecule has 0 aliphatic rings. The predicted octanol–water partition coefficient (Wildman–Crippen LogP) is 1.37. The molecule has 6 nitrogen and oxygen atoms in total. The van der Waals surface area contributed by atoms with Gasteiger partial charge < -0.3 is 20.6 Å². The van der Waals surface area contributed by atoms with E-state index in [1.807, 2.05) is 0 Å². The lowest BCUT2D eigenvalue weighted by molar-refractivity contribution is 0.0696. The average Bonchev–Trinajstić information content (AvgIpc) is 2.94. The Morgan fingerprint density at radius 3 is 2.70 bits per heavy atom. The molecule has 6 heteroatoms. The number of hydrogen-bond donors (Lipinski definition) is 3. The Kier molecular flexibility index (Phi) is 4.17. The minimum atomic E-state index is -1.00. The van der Waals surface area contributed by atoms with Crippen LogP contribution in [0, 0.1) is 0 Å². The van der Waals surface area contributed by atoms with Gasteiger partial charge in [-0.1, -0.05) is 12.1 Å². The molecule has 1 aromatic heterocycles. The van der Waals surface area contributed by atoms with Crippen molar-refractivity contribution in [2.45, 2.75) is 13.1 Å². The topological polar surface area (TPSA) is 106 Å². The maximum atomic E-state index is 11.8. The number of carbonyl (C=O) groups is 2. The van der Waals surface area contributed by atoms with Crippen LogP contribution in [0.5, 0.6) is 0 Å². The van der Waals surface area contributed by atoms with Crippen molar-refractivity contribution in [3.05, 3.63) is 59.0 Å². The molecule has 1 aromatic carbocycles. The van der Waals surface area contributed by atoms with Gasteiger partial charge in [-0.15, -0.1) is 0 Å². The van der Waals surface area contributed by atoms with Crippen molar-refractivity contribution in [2.75, 3.05) is 0 Å². The number of furan rings is 1. The van der Waals surface area contributed by atoms with Crippen LogP contribution >= 0.6 is 0 Å². The van der Waals surface area contributed by atoms with Crippen LogP contribution in [0.3, 0.4) is 0 Å². The molecule has 0 aliphatic heterocycles. The number of carboxylic acids is 1. The molecule has 0 unspecified atom stereocenters. The fraction of sp³-hybridized carbons (Fsp3) is 0.143. The van der Waals surface area contributed by atoms with Crippen LogP contribution in [-0.2, 0) is 13.1 Å². The van der Waals surface area contributed by atoms with Gasteiger partial charge in [0, 0.05) is 6.54 Å². The van der Waals surface area contributed by atoms with E-state index in [4.69, 9.17) is 15.3 Å². The maximum absolute atomic E-state index is 11.8. The molecular weight excluding hydrogens is 260 g/mol. The van der Waals surface area contributed by atoms with Crippen molar-refractivity contribution in [1.82, 2.24) is 5.32 Å². The standard InChI is InChI=1S/C14H14N2O4/c15-7-11-4-5-12(20-11)13(17)16-8-9-2-1-3-10(6-9)14(18)19/h1-6H,7-8,15H2,(H,16,17)(H,18,19). The lowest BCUT2D eigenvalue weighted by Crippen LogP contribution is -2.22. The number of nitrogens with one attached hydrogen (secondary N) is 1. The summed E-state index contributed by atoms with van der Waals surface area (Å²) in [6.07, 6.45) is 0. The van der Waals surface area contributed by atoms with Gasteiger partial charge in [0.25, 0.3) is 5.91 Å². The van der Waals surface area contributed by atoms with Gasteiger partial charge in [-0.05, 0) is 29.8 Å². The molecule has 0 saturated carbocycles. The Morgan fingerprint density at radius 2 is 2.05 bits per heavy atom.